The maximum Gasteiger partial charge on any atom is 0.257 e. The molecule has 9 heteroatoms. The smallest absolute Gasteiger partial charge is 0.257 e. The number of carbonyl (C=O) groups is 1. The fourth-order valence-electron chi connectivity index (χ4n) is 3.76. The zero-order valence-corrected chi connectivity index (χ0v) is 20.8. The highest BCUT2D eigenvalue weighted by Crippen LogP contribution is 2.22. The highest BCUT2D eigenvalue weighted by atomic mass is 32.2. The largest absolute Gasteiger partial charge is 0.493 e. The van der Waals surface area contributed by atoms with Crippen LogP contribution in [0.5, 0.6) is 5.75 Å². The first-order chi connectivity index (χ1) is 16.9. The molecule has 4 rings (SSSR count). The van der Waals surface area contributed by atoms with E-state index in [9.17, 15) is 13.2 Å². The summed E-state index contributed by atoms with van der Waals surface area (Å²) in [6.07, 6.45) is 2.57. The van der Waals surface area contributed by atoms with Crippen molar-refractivity contribution in [1.29, 1.82) is 0 Å². The lowest BCUT2D eigenvalue weighted by atomic mass is 10.2. The molecule has 3 aromatic carbocycles. The number of anilines is 1. The van der Waals surface area contributed by atoms with Gasteiger partial charge in [-0.15, -0.1) is 0 Å². The summed E-state index contributed by atoms with van der Waals surface area (Å²) in [5.41, 5.74) is 2.22. The normalized spacial score (nSPS) is 13.8. The van der Waals surface area contributed by atoms with Crippen LogP contribution in [0.15, 0.2) is 83.8 Å². The molecule has 0 aliphatic carbocycles. The Morgan fingerprint density at radius 2 is 1.57 bits per heavy atom. The van der Waals surface area contributed by atoms with E-state index in [-0.39, 0.29) is 15.9 Å². The van der Waals surface area contributed by atoms with E-state index < -0.39 is 10.0 Å². The lowest BCUT2D eigenvalue weighted by molar-refractivity contribution is 0.0977. The van der Waals surface area contributed by atoms with E-state index >= 15 is 0 Å². The van der Waals surface area contributed by atoms with Crippen molar-refractivity contribution in [1.82, 2.24) is 9.62 Å². The molecule has 1 aliphatic heterocycles. The Labute approximate surface area is 211 Å². The first-order valence-electron chi connectivity index (χ1n) is 11.4. The number of ether oxygens (including phenoxy) is 1. The maximum atomic E-state index is 12.6. The van der Waals surface area contributed by atoms with E-state index in [1.165, 1.54) is 22.0 Å². The van der Waals surface area contributed by atoms with Crippen molar-refractivity contribution in [2.75, 3.05) is 25.0 Å². The predicted octanol–water partition coefficient (Wildman–Crippen LogP) is 4.22. The highest BCUT2D eigenvalue weighted by molar-refractivity contribution is 7.89. The molecule has 0 unspecified atom stereocenters. The average molecular weight is 510 g/mol. The summed E-state index contributed by atoms with van der Waals surface area (Å²) in [5.74, 6) is 0.328. The topological polar surface area (TPSA) is 87.7 Å². The molecule has 7 nitrogen and oxygen atoms in total. The molecule has 1 amide bonds. The first-order valence-corrected chi connectivity index (χ1v) is 13.3. The summed E-state index contributed by atoms with van der Waals surface area (Å²) >= 11 is 5.24. The second-order valence-corrected chi connectivity index (χ2v) is 10.5. The Morgan fingerprint density at radius 1 is 0.914 bits per heavy atom. The van der Waals surface area contributed by atoms with Gasteiger partial charge in [0.1, 0.15) is 5.75 Å². The number of benzene rings is 3. The van der Waals surface area contributed by atoms with Gasteiger partial charge in [-0.3, -0.25) is 10.1 Å². The number of nitrogens with zero attached hydrogens (tertiary/aromatic N) is 1. The van der Waals surface area contributed by atoms with Crippen molar-refractivity contribution < 1.29 is 17.9 Å². The fraction of sp³-hybridized carbons (Fsp3) is 0.231. The molecule has 2 N–H and O–H groups in total. The van der Waals surface area contributed by atoms with Crippen molar-refractivity contribution in [2.24, 2.45) is 0 Å². The van der Waals surface area contributed by atoms with Crippen LogP contribution in [0.25, 0.3) is 0 Å². The molecule has 0 spiro atoms. The van der Waals surface area contributed by atoms with Gasteiger partial charge in [0.05, 0.1) is 11.5 Å². The fourth-order valence-corrected chi connectivity index (χ4v) is 5.49. The van der Waals surface area contributed by atoms with Gasteiger partial charge in [0.2, 0.25) is 10.0 Å². The van der Waals surface area contributed by atoms with Crippen LogP contribution in [-0.2, 0) is 16.4 Å². The van der Waals surface area contributed by atoms with E-state index in [2.05, 4.69) is 22.8 Å². The Hall–Kier alpha value is -3.27. The zero-order valence-electron chi connectivity index (χ0n) is 19.1. The van der Waals surface area contributed by atoms with Gasteiger partial charge in [-0.2, -0.15) is 4.31 Å². The van der Waals surface area contributed by atoms with Crippen molar-refractivity contribution in [3.63, 3.8) is 0 Å². The van der Waals surface area contributed by atoms with Crippen LogP contribution in [0.4, 0.5) is 5.69 Å². The third-order valence-electron chi connectivity index (χ3n) is 5.66. The molecule has 0 aromatic heterocycles. The monoisotopic (exact) mass is 509 g/mol. The van der Waals surface area contributed by atoms with Crippen LogP contribution in [0.3, 0.4) is 0 Å². The van der Waals surface area contributed by atoms with E-state index in [1.807, 2.05) is 18.2 Å². The first kappa shape index (κ1) is 24.8. The molecule has 3 aromatic rings. The van der Waals surface area contributed by atoms with Crippen molar-refractivity contribution in [2.45, 2.75) is 24.2 Å². The summed E-state index contributed by atoms with van der Waals surface area (Å²) in [6.45, 7) is 1.65. The lowest BCUT2D eigenvalue weighted by Gasteiger charge is -2.16. The van der Waals surface area contributed by atoms with Gasteiger partial charge in [-0.25, -0.2) is 8.42 Å². The van der Waals surface area contributed by atoms with E-state index in [0.29, 0.717) is 36.7 Å². The van der Waals surface area contributed by atoms with Crippen molar-refractivity contribution >= 4 is 38.9 Å². The third kappa shape index (κ3) is 6.66. The van der Waals surface area contributed by atoms with Crippen LogP contribution in [0, 0.1) is 0 Å². The molecule has 1 aliphatic rings. The molecule has 0 saturated carbocycles. The van der Waals surface area contributed by atoms with E-state index in [4.69, 9.17) is 17.0 Å². The summed E-state index contributed by atoms with van der Waals surface area (Å²) in [4.78, 5) is 12.8. The number of sulfonamides is 1. The van der Waals surface area contributed by atoms with Gasteiger partial charge in [0.15, 0.2) is 5.11 Å². The minimum absolute atomic E-state index is 0.119. The van der Waals surface area contributed by atoms with Crippen LogP contribution in [-0.4, -0.2) is 43.4 Å². The number of amides is 1. The molecule has 1 saturated heterocycles. The van der Waals surface area contributed by atoms with Crippen molar-refractivity contribution in [3.8, 4) is 5.75 Å². The standard InChI is InChI=1S/C26H27N3O4S2/c30-25(21-8-12-23(13-9-21)33-19-16-20-6-2-1-3-7-20)28-26(34)27-22-10-14-24(15-11-22)35(31,32)29-17-4-5-18-29/h1-3,6-15H,4-5,16-19H2,(H2,27,28,30,34). The van der Waals surface area contributed by atoms with Crippen molar-refractivity contribution in [3.05, 3.63) is 90.0 Å². The maximum absolute atomic E-state index is 12.6. The zero-order chi connectivity index (χ0) is 24.7. The van der Waals surface area contributed by atoms with E-state index in [0.717, 1.165) is 19.3 Å². The molecular formula is C26H27N3O4S2. The third-order valence-corrected chi connectivity index (χ3v) is 7.78. The van der Waals surface area contributed by atoms with Crippen LogP contribution in [0.1, 0.15) is 28.8 Å². The lowest BCUT2D eigenvalue weighted by Crippen LogP contribution is -2.34. The molecule has 1 fully saturated rings. The highest BCUT2D eigenvalue weighted by Gasteiger charge is 2.26. The summed E-state index contributed by atoms with van der Waals surface area (Å²) < 4.78 is 32.5. The Kier molecular flexibility index (Phi) is 8.12. The number of nitrogens with one attached hydrogen (secondary N) is 2. The minimum Gasteiger partial charge on any atom is -0.493 e. The number of thiocarbonyl (C=S) groups is 1. The number of rotatable bonds is 8. The molecule has 182 valence electrons. The molecule has 0 atom stereocenters. The van der Waals surface area contributed by atoms with Crippen LogP contribution < -0.4 is 15.4 Å². The molecular weight excluding hydrogens is 482 g/mol. The molecule has 35 heavy (non-hydrogen) atoms. The SMILES string of the molecule is O=C(NC(=S)Nc1ccc(S(=O)(=O)N2CCCC2)cc1)c1ccc(OCCc2ccccc2)cc1. The summed E-state index contributed by atoms with van der Waals surface area (Å²) in [6, 6.07) is 23.3. The van der Waals surface area contributed by atoms with Gasteiger partial charge in [-0.1, -0.05) is 30.3 Å². The Bertz CT molecular complexity index is 1260. The molecule has 0 radical (unpaired) electrons. The van der Waals surface area contributed by atoms with Crippen LogP contribution in [0.2, 0.25) is 0 Å². The number of hydrogen-bond donors (Lipinski definition) is 2. The summed E-state index contributed by atoms with van der Waals surface area (Å²) in [7, 11) is -3.47. The number of hydrogen-bond acceptors (Lipinski definition) is 5. The van der Waals surface area contributed by atoms with Gasteiger partial charge < -0.3 is 10.1 Å². The minimum atomic E-state index is -3.47. The van der Waals surface area contributed by atoms with Gasteiger partial charge in [-0.05, 0) is 79.2 Å². The predicted molar refractivity (Wildman–Crippen MR) is 140 cm³/mol. The second-order valence-electron chi connectivity index (χ2n) is 8.15. The Morgan fingerprint density at radius 3 is 2.23 bits per heavy atom. The quantitative estimate of drug-likeness (QED) is 0.442. The van der Waals surface area contributed by atoms with E-state index in [1.54, 1.807) is 36.4 Å². The van der Waals surface area contributed by atoms with Gasteiger partial charge >= 0.3 is 0 Å². The number of carbonyl (C=O) groups excluding carboxylic acids is 1. The molecule has 0 bridgehead atoms. The Balaban J connectivity index is 1.26. The van der Waals surface area contributed by atoms with Gasteiger partial charge in [0, 0.05) is 30.8 Å². The summed E-state index contributed by atoms with van der Waals surface area (Å²) in [5, 5.41) is 5.66. The van der Waals surface area contributed by atoms with Gasteiger partial charge in [0.25, 0.3) is 5.91 Å². The second kappa shape index (κ2) is 11.4. The van der Waals surface area contributed by atoms with Crippen LogP contribution >= 0.6 is 12.2 Å². The average Bonchev–Trinajstić information content (AvgIpc) is 3.42. The molecule has 1 heterocycles.